The second kappa shape index (κ2) is 4.19. The monoisotopic (exact) mass is 208 g/mol. The summed E-state index contributed by atoms with van der Waals surface area (Å²) >= 11 is 0. The largest absolute Gasteiger partial charge is 0.573 e. The molecule has 1 N–H and O–H groups in total. The Hall–Kier alpha value is -1.43. The van der Waals surface area contributed by atoms with Gasteiger partial charge in [-0.1, -0.05) is 12.1 Å². The molecule has 0 fully saturated rings. The number of halogens is 3. The number of ether oxygens (including phenoxy) is 2. The molecule has 6 heteroatoms. The van der Waals surface area contributed by atoms with Crippen molar-refractivity contribution in [1.82, 2.24) is 0 Å². The highest BCUT2D eigenvalue weighted by Gasteiger charge is 2.32. The lowest BCUT2D eigenvalue weighted by atomic mass is 10.3. The molecule has 14 heavy (non-hydrogen) atoms. The molecule has 1 rings (SSSR count). The molecule has 0 saturated carbocycles. The maximum atomic E-state index is 11.8. The fourth-order valence-corrected chi connectivity index (χ4v) is 0.848. The standard InChI is InChI=1S/C8H7F3O3/c9-8(10,11)14-7-4-2-1-3-6(7)13-5-12/h1-4,12H,5H2. The lowest BCUT2D eigenvalue weighted by molar-refractivity contribution is -0.275. The summed E-state index contributed by atoms with van der Waals surface area (Å²) in [4.78, 5) is 0. The van der Waals surface area contributed by atoms with Crippen LogP contribution in [0.1, 0.15) is 0 Å². The van der Waals surface area contributed by atoms with Crippen LogP contribution in [0.5, 0.6) is 11.5 Å². The fourth-order valence-electron chi connectivity index (χ4n) is 0.848. The van der Waals surface area contributed by atoms with Gasteiger partial charge in [0.25, 0.3) is 0 Å². The van der Waals surface area contributed by atoms with Crippen molar-refractivity contribution in [2.75, 3.05) is 6.79 Å². The van der Waals surface area contributed by atoms with E-state index in [9.17, 15) is 13.2 Å². The number of para-hydroxylation sites is 2. The highest BCUT2D eigenvalue weighted by molar-refractivity contribution is 5.39. The normalized spacial score (nSPS) is 11.1. The van der Waals surface area contributed by atoms with E-state index < -0.39 is 18.9 Å². The second-order valence-corrected chi connectivity index (χ2v) is 2.27. The first-order chi connectivity index (χ1) is 6.53. The minimum Gasteiger partial charge on any atom is -0.464 e. The quantitative estimate of drug-likeness (QED) is 0.771. The molecule has 3 nitrogen and oxygen atoms in total. The first kappa shape index (κ1) is 10.6. The molecule has 0 heterocycles. The van der Waals surface area contributed by atoms with Gasteiger partial charge in [-0.05, 0) is 12.1 Å². The van der Waals surface area contributed by atoms with Gasteiger partial charge in [0.1, 0.15) is 0 Å². The lowest BCUT2D eigenvalue weighted by Gasteiger charge is -2.12. The zero-order valence-corrected chi connectivity index (χ0v) is 6.91. The van der Waals surface area contributed by atoms with Gasteiger partial charge in [0.2, 0.25) is 0 Å². The van der Waals surface area contributed by atoms with Gasteiger partial charge in [0.15, 0.2) is 18.3 Å². The third-order valence-electron chi connectivity index (χ3n) is 1.29. The Labute approximate surface area is 77.7 Å². The van der Waals surface area contributed by atoms with Crippen molar-refractivity contribution in [3.63, 3.8) is 0 Å². The lowest BCUT2D eigenvalue weighted by Crippen LogP contribution is -2.17. The molecule has 0 aromatic heterocycles. The zero-order chi connectivity index (χ0) is 10.6. The maximum Gasteiger partial charge on any atom is 0.573 e. The average molecular weight is 208 g/mol. The summed E-state index contributed by atoms with van der Waals surface area (Å²) in [5, 5.41) is 8.38. The van der Waals surface area contributed by atoms with E-state index in [1.807, 2.05) is 0 Å². The Morgan fingerprint density at radius 1 is 1.14 bits per heavy atom. The first-order valence-corrected chi connectivity index (χ1v) is 3.61. The van der Waals surface area contributed by atoms with Gasteiger partial charge in [-0.25, -0.2) is 0 Å². The predicted octanol–water partition coefficient (Wildman–Crippen LogP) is 1.91. The molecular formula is C8H7F3O3. The molecule has 1 aromatic rings. The van der Waals surface area contributed by atoms with Gasteiger partial charge in [0, 0.05) is 0 Å². The number of aliphatic hydroxyl groups excluding tert-OH is 1. The minimum atomic E-state index is -4.77. The summed E-state index contributed by atoms with van der Waals surface area (Å²) < 4.78 is 43.6. The van der Waals surface area contributed by atoms with Crippen molar-refractivity contribution in [2.24, 2.45) is 0 Å². The third kappa shape index (κ3) is 3.14. The average Bonchev–Trinajstić information content (AvgIpc) is 2.06. The van der Waals surface area contributed by atoms with E-state index in [-0.39, 0.29) is 5.75 Å². The molecule has 0 aliphatic rings. The Balaban J connectivity index is 2.84. The SMILES string of the molecule is OCOc1ccccc1OC(F)(F)F. The maximum absolute atomic E-state index is 11.8. The van der Waals surface area contributed by atoms with Gasteiger partial charge in [-0.2, -0.15) is 0 Å². The summed E-state index contributed by atoms with van der Waals surface area (Å²) in [5.41, 5.74) is 0. The second-order valence-electron chi connectivity index (χ2n) is 2.27. The molecule has 0 saturated heterocycles. The number of alkyl halides is 3. The first-order valence-electron chi connectivity index (χ1n) is 3.61. The minimum absolute atomic E-state index is 0.160. The van der Waals surface area contributed by atoms with Gasteiger partial charge < -0.3 is 14.6 Å². The molecular weight excluding hydrogens is 201 g/mol. The highest BCUT2D eigenvalue weighted by Crippen LogP contribution is 2.31. The smallest absolute Gasteiger partial charge is 0.464 e. The molecule has 0 radical (unpaired) electrons. The van der Waals surface area contributed by atoms with Crippen LogP contribution in [-0.2, 0) is 0 Å². The summed E-state index contributed by atoms with van der Waals surface area (Å²) in [6.07, 6.45) is -4.77. The molecule has 0 aliphatic carbocycles. The van der Waals surface area contributed by atoms with E-state index in [0.717, 1.165) is 6.07 Å². The molecule has 0 spiro atoms. The molecule has 1 aromatic carbocycles. The molecule has 0 atom stereocenters. The summed E-state index contributed by atoms with van der Waals surface area (Å²) in [6, 6.07) is 5.19. The summed E-state index contributed by atoms with van der Waals surface area (Å²) in [6.45, 7) is -0.710. The number of rotatable bonds is 3. The zero-order valence-electron chi connectivity index (χ0n) is 6.91. The van der Waals surface area contributed by atoms with Crippen molar-refractivity contribution >= 4 is 0 Å². The van der Waals surface area contributed by atoms with Crippen LogP contribution in [0, 0.1) is 0 Å². The molecule has 0 amide bonds. The van der Waals surface area contributed by atoms with Crippen LogP contribution < -0.4 is 9.47 Å². The van der Waals surface area contributed by atoms with Crippen LogP contribution in [-0.4, -0.2) is 18.3 Å². The van der Waals surface area contributed by atoms with Crippen molar-refractivity contribution < 1.29 is 27.8 Å². The third-order valence-corrected chi connectivity index (χ3v) is 1.29. The molecule has 0 aliphatic heterocycles. The van der Waals surface area contributed by atoms with E-state index in [0.29, 0.717) is 0 Å². The van der Waals surface area contributed by atoms with E-state index in [4.69, 9.17) is 5.11 Å². The topological polar surface area (TPSA) is 38.7 Å². The predicted molar refractivity (Wildman–Crippen MR) is 40.8 cm³/mol. The van der Waals surface area contributed by atoms with Gasteiger partial charge in [-0.3, -0.25) is 0 Å². The van der Waals surface area contributed by atoms with Crippen molar-refractivity contribution in [3.8, 4) is 11.5 Å². The van der Waals surface area contributed by atoms with E-state index in [1.54, 1.807) is 0 Å². The van der Waals surface area contributed by atoms with Crippen LogP contribution in [0.2, 0.25) is 0 Å². The van der Waals surface area contributed by atoms with Gasteiger partial charge in [-0.15, -0.1) is 13.2 Å². The summed E-state index contributed by atoms with van der Waals surface area (Å²) in [7, 11) is 0. The Bertz CT molecular complexity index is 298. The number of aliphatic hydroxyl groups is 1. The van der Waals surface area contributed by atoms with Crippen LogP contribution >= 0.6 is 0 Å². The summed E-state index contributed by atoms with van der Waals surface area (Å²) in [5.74, 6) is -0.638. The Morgan fingerprint density at radius 2 is 1.71 bits per heavy atom. The van der Waals surface area contributed by atoms with Crippen molar-refractivity contribution in [2.45, 2.75) is 6.36 Å². The highest BCUT2D eigenvalue weighted by atomic mass is 19.4. The molecule has 78 valence electrons. The van der Waals surface area contributed by atoms with Crippen LogP contribution in [0.25, 0.3) is 0 Å². The van der Waals surface area contributed by atoms with E-state index in [1.165, 1.54) is 18.2 Å². The van der Waals surface area contributed by atoms with Crippen LogP contribution in [0.15, 0.2) is 24.3 Å². The fraction of sp³-hybridized carbons (Fsp3) is 0.250. The molecule has 0 bridgehead atoms. The number of hydrogen-bond acceptors (Lipinski definition) is 3. The van der Waals surface area contributed by atoms with Gasteiger partial charge >= 0.3 is 6.36 Å². The van der Waals surface area contributed by atoms with E-state index in [2.05, 4.69) is 9.47 Å². The van der Waals surface area contributed by atoms with Crippen LogP contribution in [0.4, 0.5) is 13.2 Å². The van der Waals surface area contributed by atoms with Crippen LogP contribution in [0.3, 0.4) is 0 Å². The van der Waals surface area contributed by atoms with E-state index >= 15 is 0 Å². The number of benzene rings is 1. The van der Waals surface area contributed by atoms with Crippen molar-refractivity contribution in [3.05, 3.63) is 24.3 Å². The Morgan fingerprint density at radius 3 is 2.21 bits per heavy atom. The van der Waals surface area contributed by atoms with Crippen molar-refractivity contribution in [1.29, 1.82) is 0 Å². The number of hydrogen-bond donors (Lipinski definition) is 1. The van der Waals surface area contributed by atoms with Gasteiger partial charge in [0.05, 0.1) is 0 Å². The molecule has 0 unspecified atom stereocenters. The Kier molecular flexibility index (Phi) is 3.19.